The van der Waals surface area contributed by atoms with E-state index in [2.05, 4.69) is 9.93 Å². The first kappa shape index (κ1) is 14.6. The van der Waals surface area contributed by atoms with E-state index < -0.39 is 0 Å². The van der Waals surface area contributed by atoms with E-state index in [1.165, 1.54) is 0 Å². The van der Waals surface area contributed by atoms with E-state index in [0.29, 0.717) is 18.8 Å². The highest BCUT2D eigenvalue weighted by Crippen LogP contribution is 2.15. The Kier molecular flexibility index (Phi) is 4.76. The predicted molar refractivity (Wildman–Crippen MR) is 77.0 cm³/mol. The maximum Gasteiger partial charge on any atom is 0.357 e. The summed E-state index contributed by atoms with van der Waals surface area (Å²) >= 11 is 5.51. The van der Waals surface area contributed by atoms with Gasteiger partial charge in [0.1, 0.15) is 0 Å². The van der Waals surface area contributed by atoms with E-state index in [1.807, 2.05) is 31.2 Å². The van der Waals surface area contributed by atoms with Crippen molar-refractivity contribution in [3.63, 3.8) is 0 Å². The molecule has 0 unspecified atom stereocenters. The molecule has 0 atom stereocenters. The van der Waals surface area contributed by atoms with Crippen LogP contribution in [0, 0.1) is 6.92 Å². The Bertz CT molecular complexity index is 610. The Balaban J connectivity index is 2.41. The van der Waals surface area contributed by atoms with Crippen LogP contribution < -0.4 is 4.84 Å². The van der Waals surface area contributed by atoms with Gasteiger partial charge in [0, 0.05) is 6.54 Å². The molecule has 0 aliphatic heterocycles. The summed E-state index contributed by atoms with van der Waals surface area (Å²) in [4.78, 5) is 14.5. The van der Waals surface area contributed by atoms with Crippen LogP contribution in [0.1, 0.15) is 28.7 Å². The highest BCUT2D eigenvalue weighted by molar-refractivity contribution is 6.13. The summed E-state index contributed by atoms with van der Waals surface area (Å²) in [6.45, 7) is 4.48. The van der Waals surface area contributed by atoms with E-state index in [0.717, 1.165) is 16.9 Å². The van der Waals surface area contributed by atoms with Crippen molar-refractivity contribution in [2.24, 2.45) is 0 Å². The van der Waals surface area contributed by atoms with Gasteiger partial charge in [-0.25, -0.2) is 14.3 Å². The molecule has 0 aliphatic rings. The zero-order chi connectivity index (χ0) is 14.5. The fourth-order valence-corrected chi connectivity index (χ4v) is 2.08. The minimum atomic E-state index is -0.381. The molecular formula is C14H16ClN3O2. The molecule has 6 heteroatoms. The van der Waals surface area contributed by atoms with Crippen molar-refractivity contribution in [2.75, 3.05) is 6.61 Å². The van der Waals surface area contributed by atoms with Gasteiger partial charge in [0.05, 0.1) is 18.0 Å². The van der Waals surface area contributed by atoms with E-state index in [4.69, 9.17) is 16.5 Å². The minimum absolute atomic E-state index is 0.333. The second-order valence-electron chi connectivity index (χ2n) is 4.28. The summed E-state index contributed by atoms with van der Waals surface area (Å²) in [5.74, 6) is -0.381. The number of halogens is 1. The number of nitrogens with zero attached hydrogens (tertiary/aromatic N) is 2. The zero-order valence-corrected chi connectivity index (χ0v) is 12.1. The second-order valence-corrected chi connectivity index (χ2v) is 4.55. The van der Waals surface area contributed by atoms with Gasteiger partial charge in [0.25, 0.3) is 0 Å². The molecule has 106 valence electrons. The number of carbonyl (C=O) groups is 1. The van der Waals surface area contributed by atoms with Crippen molar-refractivity contribution in [3.05, 3.63) is 47.3 Å². The summed E-state index contributed by atoms with van der Waals surface area (Å²) in [5.41, 5.74) is 2.97. The van der Waals surface area contributed by atoms with Crippen molar-refractivity contribution in [2.45, 2.75) is 20.4 Å². The van der Waals surface area contributed by atoms with Crippen LogP contribution in [0.15, 0.2) is 30.3 Å². The lowest BCUT2D eigenvalue weighted by Gasteiger charge is -2.08. The number of nitrogens with one attached hydrogen (secondary N) is 1. The summed E-state index contributed by atoms with van der Waals surface area (Å²) in [7, 11) is 0. The molecular weight excluding hydrogens is 278 g/mol. The van der Waals surface area contributed by atoms with Crippen LogP contribution in [0.3, 0.4) is 0 Å². The Morgan fingerprint density at radius 2 is 2.25 bits per heavy atom. The Hall–Kier alpha value is -1.85. The second kappa shape index (κ2) is 6.54. The largest absolute Gasteiger partial charge is 0.461 e. The van der Waals surface area contributed by atoms with Gasteiger partial charge in [-0.1, -0.05) is 12.1 Å². The quantitative estimate of drug-likeness (QED) is 0.680. The number of carbonyl (C=O) groups excluding carboxylic acids is 1. The average molecular weight is 294 g/mol. The first-order valence-corrected chi connectivity index (χ1v) is 6.70. The maximum atomic E-state index is 11.9. The van der Waals surface area contributed by atoms with Crippen molar-refractivity contribution >= 4 is 17.7 Å². The topological polar surface area (TPSA) is 56.1 Å². The SMILES string of the molecule is CCOC(=O)c1cc(C)nn1-c1cccc(CNCl)c1. The molecule has 0 spiro atoms. The van der Waals surface area contributed by atoms with Gasteiger partial charge in [-0.2, -0.15) is 5.10 Å². The number of benzene rings is 1. The number of hydrogen-bond acceptors (Lipinski definition) is 4. The minimum Gasteiger partial charge on any atom is -0.461 e. The molecule has 2 aromatic rings. The molecule has 0 aliphatic carbocycles. The molecule has 0 bridgehead atoms. The lowest BCUT2D eigenvalue weighted by atomic mass is 10.2. The van der Waals surface area contributed by atoms with Crippen LogP contribution in [0.25, 0.3) is 5.69 Å². The van der Waals surface area contributed by atoms with E-state index in [-0.39, 0.29) is 5.97 Å². The monoisotopic (exact) mass is 293 g/mol. The van der Waals surface area contributed by atoms with E-state index in [9.17, 15) is 4.79 Å². The fraction of sp³-hybridized carbons (Fsp3) is 0.286. The lowest BCUT2D eigenvalue weighted by molar-refractivity contribution is 0.0515. The van der Waals surface area contributed by atoms with Crippen LogP contribution in [-0.2, 0) is 11.3 Å². The molecule has 0 saturated carbocycles. The van der Waals surface area contributed by atoms with E-state index in [1.54, 1.807) is 17.7 Å². The molecule has 0 saturated heterocycles. The van der Waals surface area contributed by atoms with Gasteiger partial charge in [0.15, 0.2) is 5.69 Å². The summed E-state index contributed by atoms with van der Waals surface area (Å²) < 4.78 is 6.64. The molecule has 2 rings (SSSR count). The summed E-state index contributed by atoms with van der Waals surface area (Å²) in [5, 5.41) is 4.35. The third-order valence-corrected chi connectivity index (χ3v) is 2.88. The standard InChI is InChI=1S/C14H16ClN3O2/c1-3-20-14(19)13-7-10(2)17-18(13)12-6-4-5-11(8-12)9-16-15/h4-8,16H,3,9H2,1-2H3. The highest BCUT2D eigenvalue weighted by Gasteiger charge is 2.16. The molecule has 0 amide bonds. The van der Waals surface area contributed by atoms with Crippen LogP contribution in [0.4, 0.5) is 0 Å². The molecule has 1 aromatic heterocycles. The molecule has 1 heterocycles. The van der Waals surface area contributed by atoms with Gasteiger partial charge in [-0.05, 0) is 49.4 Å². The molecule has 0 fully saturated rings. The number of aryl methyl sites for hydroxylation is 1. The molecule has 1 N–H and O–H groups in total. The highest BCUT2D eigenvalue weighted by atomic mass is 35.5. The van der Waals surface area contributed by atoms with Crippen LogP contribution in [0.2, 0.25) is 0 Å². The predicted octanol–water partition coefficient (Wildman–Crippen LogP) is 2.60. The third-order valence-electron chi connectivity index (χ3n) is 2.74. The lowest BCUT2D eigenvalue weighted by Crippen LogP contribution is -2.12. The molecule has 20 heavy (non-hydrogen) atoms. The third kappa shape index (κ3) is 3.18. The van der Waals surface area contributed by atoms with Gasteiger partial charge >= 0.3 is 5.97 Å². The fourth-order valence-electron chi connectivity index (χ4n) is 1.92. The zero-order valence-electron chi connectivity index (χ0n) is 11.4. The first-order valence-electron chi connectivity index (χ1n) is 6.32. The molecule has 5 nitrogen and oxygen atoms in total. The van der Waals surface area contributed by atoms with Gasteiger partial charge < -0.3 is 4.74 Å². The van der Waals surface area contributed by atoms with Crippen LogP contribution in [-0.4, -0.2) is 22.4 Å². The maximum absolute atomic E-state index is 11.9. The smallest absolute Gasteiger partial charge is 0.357 e. The van der Waals surface area contributed by atoms with Crippen LogP contribution >= 0.6 is 11.8 Å². The number of aromatic nitrogens is 2. The van der Waals surface area contributed by atoms with Crippen molar-refractivity contribution in [1.29, 1.82) is 0 Å². The number of ether oxygens (including phenoxy) is 1. The molecule has 1 aromatic carbocycles. The van der Waals surface area contributed by atoms with Crippen LogP contribution in [0.5, 0.6) is 0 Å². The Labute approximate surface area is 122 Å². The van der Waals surface area contributed by atoms with Gasteiger partial charge in [0.2, 0.25) is 0 Å². The Morgan fingerprint density at radius 1 is 1.45 bits per heavy atom. The average Bonchev–Trinajstić information content (AvgIpc) is 2.82. The van der Waals surface area contributed by atoms with E-state index >= 15 is 0 Å². The first-order chi connectivity index (χ1) is 9.65. The number of esters is 1. The summed E-state index contributed by atoms with van der Waals surface area (Å²) in [6.07, 6.45) is 0. The Morgan fingerprint density at radius 3 is 2.95 bits per heavy atom. The number of rotatable bonds is 5. The van der Waals surface area contributed by atoms with Crippen molar-refractivity contribution in [3.8, 4) is 5.69 Å². The van der Waals surface area contributed by atoms with Crippen molar-refractivity contribution in [1.82, 2.24) is 14.6 Å². The normalized spacial score (nSPS) is 10.6. The number of hydrogen-bond donors (Lipinski definition) is 1. The van der Waals surface area contributed by atoms with Gasteiger partial charge in [-0.3, -0.25) is 0 Å². The summed E-state index contributed by atoms with van der Waals surface area (Å²) in [6, 6.07) is 9.35. The molecule has 0 radical (unpaired) electrons. The van der Waals surface area contributed by atoms with Gasteiger partial charge in [-0.15, -0.1) is 0 Å². The van der Waals surface area contributed by atoms with Crippen molar-refractivity contribution < 1.29 is 9.53 Å².